The number of nitrogens with one attached hydrogen (secondary N) is 1. The van der Waals surface area contributed by atoms with E-state index in [1.807, 2.05) is 18.2 Å². The Labute approximate surface area is 123 Å². The molecule has 0 fully saturated rings. The number of fused-ring (bicyclic) bond motifs is 1. The van der Waals surface area contributed by atoms with Crippen LogP contribution in [0.1, 0.15) is 19.4 Å². The van der Waals surface area contributed by atoms with Crippen LogP contribution < -0.4 is 10.1 Å². The normalized spacial score (nSPS) is 12.5. The summed E-state index contributed by atoms with van der Waals surface area (Å²) >= 11 is 0. The molecule has 2 rings (SSSR count). The van der Waals surface area contributed by atoms with Crippen molar-refractivity contribution in [3.63, 3.8) is 0 Å². The Morgan fingerprint density at radius 2 is 1.86 bits per heavy atom. The van der Waals surface area contributed by atoms with E-state index < -0.39 is 18.0 Å². The minimum absolute atomic E-state index is 0.0414. The SMILES string of the molecule is CC(=O)OCC(COC(C)=O)Oc1cccc2c1CCN2. The second-order valence-electron chi connectivity index (χ2n) is 4.80. The molecule has 1 aliphatic heterocycles. The fraction of sp³-hybridized carbons (Fsp3) is 0.467. The maximum atomic E-state index is 10.9. The molecule has 0 spiro atoms. The largest absolute Gasteiger partial charge is 0.483 e. The monoisotopic (exact) mass is 293 g/mol. The van der Waals surface area contributed by atoms with E-state index in [9.17, 15) is 9.59 Å². The average Bonchev–Trinajstić information content (AvgIpc) is 2.90. The van der Waals surface area contributed by atoms with E-state index in [2.05, 4.69) is 5.32 Å². The van der Waals surface area contributed by atoms with Gasteiger partial charge in [-0.3, -0.25) is 9.59 Å². The van der Waals surface area contributed by atoms with Gasteiger partial charge in [-0.2, -0.15) is 0 Å². The van der Waals surface area contributed by atoms with Gasteiger partial charge in [-0.25, -0.2) is 0 Å². The zero-order valence-corrected chi connectivity index (χ0v) is 12.2. The van der Waals surface area contributed by atoms with Gasteiger partial charge in [-0.05, 0) is 18.6 Å². The van der Waals surface area contributed by atoms with Crippen LogP contribution in [-0.2, 0) is 25.5 Å². The van der Waals surface area contributed by atoms with Crippen molar-refractivity contribution in [2.45, 2.75) is 26.4 Å². The lowest BCUT2D eigenvalue weighted by Crippen LogP contribution is -2.30. The first kappa shape index (κ1) is 15.2. The Morgan fingerprint density at radius 3 is 2.48 bits per heavy atom. The van der Waals surface area contributed by atoms with Gasteiger partial charge < -0.3 is 19.5 Å². The minimum Gasteiger partial charge on any atom is -0.483 e. The number of carbonyl (C=O) groups excluding carboxylic acids is 2. The average molecular weight is 293 g/mol. The fourth-order valence-corrected chi connectivity index (χ4v) is 2.14. The molecule has 1 heterocycles. The van der Waals surface area contributed by atoms with Gasteiger partial charge in [-0.15, -0.1) is 0 Å². The third-order valence-corrected chi connectivity index (χ3v) is 3.06. The second kappa shape index (κ2) is 6.97. The molecule has 0 atom stereocenters. The highest BCUT2D eigenvalue weighted by molar-refractivity contribution is 5.66. The molecule has 6 nitrogen and oxygen atoms in total. The van der Waals surface area contributed by atoms with Crippen molar-refractivity contribution in [1.82, 2.24) is 0 Å². The Balaban J connectivity index is 2.04. The molecule has 1 N–H and O–H groups in total. The van der Waals surface area contributed by atoms with Crippen LogP contribution in [0, 0.1) is 0 Å². The van der Waals surface area contributed by atoms with Gasteiger partial charge in [0.05, 0.1) is 0 Å². The molecule has 0 saturated carbocycles. The summed E-state index contributed by atoms with van der Waals surface area (Å²) in [6, 6.07) is 5.74. The van der Waals surface area contributed by atoms with Gasteiger partial charge in [0.15, 0.2) is 6.10 Å². The lowest BCUT2D eigenvalue weighted by molar-refractivity contribution is -0.148. The molecule has 114 valence electrons. The van der Waals surface area contributed by atoms with Crippen molar-refractivity contribution in [3.05, 3.63) is 23.8 Å². The van der Waals surface area contributed by atoms with E-state index in [1.165, 1.54) is 13.8 Å². The van der Waals surface area contributed by atoms with Gasteiger partial charge in [0.2, 0.25) is 0 Å². The zero-order valence-electron chi connectivity index (χ0n) is 12.2. The summed E-state index contributed by atoms with van der Waals surface area (Å²) in [5.74, 6) is -0.0698. The van der Waals surface area contributed by atoms with Crippen LogP contribution in [0.5, 0.6) is 5.75 Å². The summed E-state index contributed by atoms with van der Waals surface area (Å²) in [5.41, 5.74) is 2.14. The van der Waals surface area contributed by atoms with E-state index in [-0.39, 0.29) is 13.2 Å². The minimum atomic E-state index is -0.523. The highest BCUT2D eigenvalue weighted by Crippen LogP contribution is 2.31. The Bertz CT molecular complexity index is 511. The summed E-state index contributed by atoms with van der Waals surface area (Å²) in [5, 5.41) is 3.26. The molecule has 0 aliphatic carbocycles. The summed E-state index contributed by atoms with van der Waals surface area (Å²) in [4.78, 5) is 21.9. The quantitative estimate of drug-likeness (QED) is 0.802. The number of benzene rings is 1. The lowest BCUT2D eigenvalue weighted by atomic mass is 10.1. The summed E-state index contributed by atoms with van der Waals surface area (Å²) in [6.45, 7) is 3.60. The van der Waals surface area contributed by atoms with Crippen LogP contribution in [0.4, 0.5) is 5.69 Å². The second-order valence-corrected chi connectivity index (χ2v) is 4.80. The summed E-state index contributed by atoms with van der Waals surface area (Å²) in [6.07, 6.45) is 0.351. The van der Waals surface area contributed by atoms with Crippen molar-refractivity contribution in [1.29, 1.82) is 0 Å². The third-order valence-electron chi connectivity index (χ3n) is 3.06. The lowest BCUT2D eigenvalue weighted by Gasteiger charge is -2.20. The number of carbonyl (C=O) groups is 2. The number of esters is 2. The number of ether oxygens (including phenoxy) is 3. The molecule has 0 unspecified atom stereocenters. The van der Waals surface area contributed by atoms with Crippen LogP contribution in [0.25, 0.3) is 0 Å². The van der Waals surface area contributed by atoms with Crippen molar-refractivity contribution < 1.29 is 23.8 Å². The van der Waals surface area contributed by atoms with Crippen LogP contribution in [0.2, 0.25) is 0 Å². The first-order valence-electron chi connectivity index (χ1n) is 6.85. The Kier molecular flexibility index (Phi) is 5.03. The first-order valence-corrected chi connectivity index (χ1v) is 6.85. The third kappa shape index (κ3) is 4.37. The maximum Gasteiger partial charge on any atom is 0.302 e. The number of rotatable bonds is 6. The molecule has 21 heavy (non-hydrogen) atoms. The molecule has 0 radical (unpaired) electrons. The highest BCUT2D eigenvalue weighted by atomic mass is 16.6. The summed E-state index contributed by atoms with van der Waals surface area (Å²) < 4.78 is 15.8. The van der Waals surface area contributed by atoms with Crippen molar-refractivity contribution in [2.75, 3.05) is 25.1 Å². The number of anilines is 1. The maximum absolute atomic E-state index is 10.9. The molecule has 0 saturated heterocycles. The zero-order chi connectivity index (χ0) is 15.2. The van der Waals surface area contributed by atoms with Gasteiger partial charge >= 0.3 is 11.9 Å². The molecule has 0 amide bonds. The van der Waals surface area contributed by atoms with E-state index in [0.29, 0.717) is 0 Å². The van der Waals surface area contributed by atoms with Crippen molar-refractivity contribution in [3.8, 4) is 5.75 Å². The molecular weight excluding hydrogens is 274 g/mol. The molecule has 1 aromatic rings. The molecule has 1 aromatic carbocycles. The van der Waals surface area contributed by atoms with E-state index in [1.54, 1.807) is 0 Å². The van der Waals surface area contributed by atoms with Gasteiger partial charge in [0.1, 0.15) is 19.0 Å². The van der Waals surface area contributed by atoms with E-state index in [0.717, 1.165) is 30.0 Å². The molecule has 6 heteroatoms. The Hall–Kier alpha value is -2.24. The fourth-order valence-electron chi connectivity index (χ4n) is 2.14. The van der Waals surface area contributed by atoms with E-state index in [4.69, 9.17) is 14.2 Å². The topological polar surface area (TPSA) is 73.9 Å². The smallest absolute Gasteiger partial charge is 0.302 e. The highest BCUT2D eigenvalue weighted by Gasteiger charge is 2.20. The standard InChI is InChI=1S/C15H19NO5/c1-10(17)19-8-12(9-20-11(2)18)21-15-5-3-4-14-13(15)6-7-16-14/h3-5,12,16H,6-9H2,1-2H3. The van der Waals surface area contributed by atoms with Crippen LogP contribution in [0.3, 0.4) is 0 Å². The van der Waals surface area contributed by atoms with Crippen LogP contribution in [0.15, 0.2) is 18.2 Å². The van der Waals surface area contributed by atoms with Crippen molar-refractivity contribution >= 4 is 17.6 Å². The molecule has 0 aromatic heterocycles. The first-order chi connectivity index (χ1) is 10.1. The summed E-state index contributed by atoms with van der Waals surface area (Å²) in [7, 11) is 0. The predicted octanol–water partition coefficient (Wildman–Crippen LogP) is 1.53. The number of hydrogen-bond acceptors (Lipinski definition) is 6. The van der Waals surface area contributed by atoms with Crippen LogP contribution in [-0.4, -0.2) is 37.8 Å². The van der Waals surface area contributed by atoms with Crippen LogP contribution >= 0.6 is 0 Å². The Morgan fingerprint density at radius 1 is 1.19 bits per heavy atom. The van der Waals surface area contributed by atoms with Gasteiger partial charge in [0.25, 0.3) is 0 Å². The van der Waals surface area contributed by atoms with E-state index >= 15 is 0 Å². The van der Waals surface area contributed by atoms with Gasteiger partial charge in [0, 0.05) is 31.6 Å². The van der Waals surface area contributed by atoms with Gasteiger partial charge in [-0.1, -0.05) is 6.07 Å². The molecule has 0 bridgehead atoms. The number of hydrogen-bond donors (Lipinski definition) is 1. The molecule has 1 aliphatic rings. The van der Waals surface area contributed by atoms with Crippen molar-refractivity contribution in [2.24, 2.45) is 0 Å². The predicted molar refractivity (Wildman–Crippen MR) is 76.3 cm³/mol. The molecular formula is C15H19NO5.